The average molecular weight is 577 g/mol. The maximum atomic E-state index is 15.1. The molecule has 2 atom stereocenters. The summed E-state index contributed by atoms with van der Waals surface area (Å²) in [7, 11) is 0. The summed E-state index contributed by atoms with van der Waals surface area (Å²) in [5.41, 5.74) is 3.55. The maximum absolute atomic E-state index is 15.1. The molecule has 1 aromatic carbocycles. The van der Waals surface area contributed by atoms with Crippen LogP contribution in [0.5, 0.6) is 5.75 Å². The molecule has 3 fully saturated rings. The van der Waals surface area contributed by atoms with Gasteiger partial charge in [0.2, 0.25) is 5.91 Å². The molecule has 2 amide bonds. The van der Waals surface area contributed by atoms with E-state index in [4.69, 9.17) is 10.5 Å². The molecule has 0 radical (unpaired) electrons. The van der Waals surface area contributed by atoms with Crippen molar-refractivity contribution in [2.24, 2.45) is 11.1 Å². The van der Waals surface area contributed by atoms with Crippen LogP contribution >= 0.6 is 0 Å². The quantitative estimate of drug-likeness (QED) is 0.429. The molecule has 2 aliphatic heterocycles. The lowest BCUT2D eigenvalue weighted by atomic mass is 9.67. The summed E-state index contributed by atoms with van der Waals surface area (Å²) in [4.78, 5) is 32.6. The van der Waals surface area contributed by atoms with Crippen molar-refractivity contribution < 1.29 is 31.9 Å². The number of amides is 2. The van der Waals surface area contributed by atoms with Crippen LogP contribution in [0.1, 0.15) is 68.6 Å². The van der Waals surface area contributed by atoms with Gasteiger partial charge in [0.25, 0.3) is 5.91 Å². The zero-order valence-corrected chi connectivity index (χ0v) is 23.2. The second kappa shape index (κ2) is 11.2. The normalized spacial score (nSPS) is 24.6. The van der Waals surface area contributed by atoms with Crippen molar-refractivity contribution in [3.63, 3.8) is 0 Å². The fourth-order valence-electron chi connectivity index (χ4n) is 6.35. The SMILES string of the molecule is C[C@@]1(C(N)=O)CCCN1C(=O)c1ccc(-c2ccc(OCC3CCCCN3CC3(C(F)(F)F)CCC3)cn2)cc1F. The van der Waals surface area contributed by atoms with Gasteiger partial charge in [0, 0.05) is 24.7 Å². The molecule has 3 heterocycles. The van der Waals surface area contributed by atoms with Crippen molar-refractivity contribution >= 4 is 11.8 Å². The molecule has 0 spiro atoms. The highest BCUT2D eigenvalue weighted by Gasteiger charge is 2.59. The van der Waals surface area contributed by atoms with E-state index in [1.807, 2.05) is 4.90 Å². The molecular weight excluding hydrogens is 540 g/mol. The topological polar surface area (TPSA) is 88.8 Å². The number of carbonyl (C=O) groups excluding carboxylic acids is 2. The number of primary amides is 1. The van der Waals surface area contributed by atoms with Crippen molar-refractivity contribution in [2.75, 3.05) is 26.2 Å². The number of benzene rings is 1. The molecule has 2 aromatic rings. The minimum Gasteiger partial charge on any atom is -0.490 e. The number of likely N-dealkylation sites (tertiary alicyclic amines) is 2. The van der Waals surface area contributed by atoms with Crippen LogP contribution in [0.15, 0.2) is 36.5 Å². The minimum atomic E-state index is -4.20. The largest absolute Gasteiger partial charge is 0.490 e. The summed E-state index contributed by atoms with van der Waals surface area (Å²) in [5, 5.41) is 0. The number of aromatic nitrogens is 1. The summed E-state index contributed by atoms with van der Waals surface area (Å²) in [5.74, 6) is -1.46. The fraction of sp³-hybridized carbons (Fsp3) is 0.567. The first kappa shape index (κ1) is 29.3. The number of nitrogens with zero attached hydrogens (tertiary/aromatic N) is 3. The number of nitrogens with two attached hydrogens (primary N) is 1. The molecular formula is C30H36F4N4O3. The van der Waals surface area contributed by atoms with E-state index in [9.17, 15) is 22.8 Å². The highest BCUT2D eigenvalue weighted by Crippen LogP contribution is 2.53. The Balaban J connectivity index is 1.22. The van der Waals surface area contributed by atoms with E-state index in [-0.39, 0.29) is 37.6 Å². The van der Waals surface area contributed by atoms with Gasteiger partial charge in [0.1, 0.15) is 23.7 Å². The lowest BCUT2D eigenvalue weighted by molar-refractivity contribution is -0.258. The van der Waals surface area contributed by atoms with Gasteiger partial charge in [0.05, 0.1) is 22.9 Å². The number of carbonyl (C=O) groups is 2. The number of rotatable bonds is 8. The number of piperidine rings is 1. The number of alkyl halides is 3. The van der Waals surface area contributed by atoms with Crippen molar-refractivity contribution in [2.45, 2.75) is 76.0 Å². The van der Waals surface area contributed by atoms with Crippen molar-refractivity contribution in [1.29, 1.82) is 0 Å². The van der Waals surface area contributed by atoms with E-state index < -0.39 is 34.8 Å². The molecule has 41 heavy (non-hydrogen) atoms. The monoisotopic (exact) mass is 576 g/mol. The van der Waals surface area contributed by atoms with E-state index in [1.165, 1.54) is 23.2 Å². The molecule has 2 saturated heterocycles. The third kappa shape index (κ3) is 5.65. The van der Waals surface area contributed by atoms with E-state index in [2.05, 4.69) is 4.98 Å². The molecule has 1 aliphatic carbocycles. The highest BCUT2D eigenvalue weighted by atomic mass is 19.4. The van der Waals surface area contributed by atoms with Crippen molar-refractivity contribution in [3.8, 4) is 17.0 Å². The second-order valence-electron chi connectivity index (χ2n) is 11.8. The molecule has 1 saturated carbocycles. The first-order chi connectivity index (χ1) is 19.4. The van der Waals surface area contributed by atoms with Crippen LogP contribution < -0.4 is 10.5 Å². The van der Waals surface area contributed by atoms with E-state index in [0.29, 0.717) is 49.4 Å². The molecule has 7 nitrogen and oxygen atoms in total. The van der Waals surface area contributed by atoms with Gasteiger partial charge in [-0.25, -0.2) is 4.39 Å². The summed E-state index contributed by atoms with van der Waals surface area (Å²) >= 11 is 0. The minimum absolute atomic E-state index is 0.0192. The Hall–Kier alpha value is -3.21. The molecule has 1 unspecified atom stereocenters. The zero-order valence-electron chi connectivity index (χ0n) is 23.2. The number of hydrogen-bond donors (Lipinski definition) is 1. The Morgan fingerprint density at radius 2 is 1.85 bits per heavy atom. The smallest absolute Gasteiger partial charge is 0.395 e. The zero-order chi connectivity index (χ0) is 29.4. The first-order valence-electron chi connectivity index (χ1n) is 14.2. The Morgan fingerprint density at radius 3 is 2.46 bits per heavy atom. The Morgan fingerprint density at radius 1 is 1.07 bits per heavy atom. The lowest BCUT2D eigenvalue weighted by Crippen LogP contribution is -2.56. The maximum Gasteiger partial charge on any atom is 0.395 e. The molecule has 222 valence electrons. The van der Waals surface area contributed by atoms with Crippen LogP contribution in [0, 0.1) is 11.2 Å². The summed E-state index contributed by atoms with van der Waals surface area (Å²) < 4.78 is 62.3. The van der Waals surface area contributed by atoms with Crippen LogP contribution in [-0.4, -0.2) is 70.6 Å². The van der Waals surface area contributed by atoms with Crippen LogP contribution in [0.4, 0.5) is 17.6 Å². The Labute approximate surface area is 237 Å². The van der Waals surface area contributed by atoms with Gasteiger partial charge in [-0.05, 0) is 76.3 Å². The number of ether oxygens (including phenoxy) is 1. The molecule has 3 aliphatic rings. The lowest BCUT2D eigenvalue weighted by Gasteiger charge is -2.48. The summed E-state index contributed by atoms with van der Waals surface area (Å²) in [6, 6.07) is 7.46. The molecule has 11 heteroatoms. The molecule has 1 aromatic heterocycles. The third-order valence-corrected chi connectivity index (χ3v) is 9.26. The van der Waals surface area contributed by atoms with Crippen LogP contribution in [0.25, 0.3) is 11.3 Å². The third-order valence-electron chi connectivity index (χ3n) is 9.26. The fourth-order valence-corrected chi connectivity index (χ4v) is 6.35. The van der Waals surface area contributed by atoms with Gasteiger partial charge >= 0.3 is 6.18 Å². The van der Waals surface area contributed by atoms with Gasteiger partial charge in [-0.1, -0.05) is 18.9 Å². The summed E-state index contributed by atoms with van der Waals surface area (Å²) in [6.45, 7) is 2.84. The van der Waals surface area contributed by atoms with Crippen LogP contribution in [0.2, 0.25) is 0 Å². The number of halogens is 4. The number of hydrogen-bond acceptors (Lipinski definition) is 5. The van der Waals surface area contributed by atoms with Crippen molar-refractivity contribution in [3.05, 3.63) is 47.9 Å². The second-order valence-corrected chi connectivity index (χ2v) is 11.8. The Bertz CT molecular complexity index is 1280. The van der Waals surface area contributed by atoms with E-state index in [0.717, 1.165) is 19.3 Å². The van der Waals surface area contributed by atoms with Gasteiger partial charge in [-0.15, -0.1) is 0 Å². The molecule has 0 bridgehead atoms. The standard InChI is InChI=1S/C30H36F4N4O3/c1-28(27(35)40)11-5-15-38(28)26(39)23-9-7-20(16-24(23)31)25-10-8-22(17-36-25)41-18-21-6-2-3-14-37(21)19-29(12-4-13-29)30(32,33)34/h7-10,16-17,21H,2-6,11-15,18-19H2,1H3,(H2,35,40)/t21?,28-/m0/s1. The highest BCUT2D eigenvalue weighted by molar-refractivity contribution is 5.99. The summed E-state index contributed by atoms with van der Waals surface area (Å²) in [6.07, 6.45) is 1.94. The molecule has 5 rings (SSSR count). The Kier molecular flexibility index (Phi) is 8.02. The predicted octanol–water partition coefficient (Wildman–Crippen LogP) is 5.33. The van der Waals surface area contributed by atoms with Crippen LogP contribution in [0.3, 0.4) is 0 Å². The first-order valence-corrected chi connectivity index (χ1v) is 14.2. The van der Waals surface area contributed by atoms with E-state index >= 15 is 4.39 Å². The van der Waals surface area contributed by atoms with Crippen molar-refractivity contribution in [1.82, 2.24) is 14.8 Å². The number of pyridine rings is 1. The molecule has 2 N–H and O–H groups in total. The van der Waals surface area contributed by atoms with E-state index in [1.54, 1.807) is 25.1 Å². The van der Waals surface area contributed by atoms with Gasteiger partial charge in [-0.2, -0.15) is 13.2 Å². The predicted molar refractivity (Wildman–Crippen MR) is 145 cm³/mol. The average Bonchev–Trinajstić information content (AvgIpc) is 3.32. The van der Waals surface area contributed by atoms with Gasteiger partial charge in [0.15, 0.2) is 0 Å². The van der Waals surface area contributed by atoms with Gasteiger partial charge < -0.3 is 15.4 Å². The van der Waals surface area contributed by atoms with Crippen LogP contribution in [-0.2, 0) is 4.79 Å². The van der Waals surface area contributed by atoms with Gasteiger partial charge in [-0.3, -0.25) is 19.5 Å².